The first kappa shape index (κ1) is 23.0. The zero-order chi connectivity index (χ0) is 20.7. The molecule has 3 atom stereocenters. The average Bonchev–Trinajstić information content (AvgIpc) is 2.96. The van der Waals surface area contributed by atoms with Crippen LogP contribution in [0.1, 0.15) is 60.3 Å². The van der Waals surface area contributed by atoms with E-state index in [0.29, 0.717) is 31.0 Å². The van der Waals surface area contributed by atoms with Gasteiger partial charge in [-0.25, -0.2) is 4.89 Å². The summed E-state index contributed by atoms with van der Waals surface area (Å²) in [5.41, 5.74) is 0. The Labute approximate surface area is 168 Å². The van der Waals surface area contributed by atoms with Gasteiger partial charge in [0.15, 0.2) is 0 Å². The number of ether oxygens (including phenoxy) is 2. The first-order chi connectivity index (χ1) is 13.3. The second-order valence-electron chi connectivity index (χ2n) is 8.00. The Morgan fingerprint density at radius 3 is 2.25 bits per heavy atom. The van der Waals surface area contributed by atoms with E-state index in [1.165, 1.54) is 18.6 Å². The van der Waals surface area contributed by atoms with Gasteiger partial charge in [0.25, 0.3) is 11.8 Å². The number of carbonyl (C=O) groups excluding carboxylic acids is 2. The largest absolute Gasteiger partial charge is 0.326 e. The molecule has 160 valence electrons. The van der Waals surface area contributed by atoms with E-state index in [4.69, 9.17) is 19.2 Å². The molecule has 2 aliphatic rings. The molecule has 1 saturated carbocycles. The number of rotatable bonds is 11. The Bertz CT molecular complexity index is 537. The molecule has 7 nitrogen and oxygen atoms in total. The van der Waals surface area contributed by atoms with E-state index in [1.54, 1.807) is 0 Å². The summed E-state index contributed by atoms with van der Waals surface area (Å²) >= 11 is 0. The molecule has 1 aliphatic carbocycles. The molecule has 0 spiro atoms. The van der Waals surface area contributed by atoms with Crippen LogP contribution in [0, 0.1) is 17.8 Å². The number of hydrogen-bond donors (Lipinski definition) is 0. The van der Waals surface area contributed by atoms with Gasteiger partial charge in [-0.1, -0.05) is 27.2 Å². The summed E-state index contributed by atoms with van der Waals surface area (Å²) < 4.78 is 11.5. The summed E-state index contributed by atoms with van der Waals surface area (Å²) in [4.78, 5) is 36.5. The fourth-order valence-electron chi connectivity index (χ4n) is 3.98. The summed E-state index contributed by atoms with van der Waals surface area (Å²) in [5, 5.41) is 0. The van der Waals surface area contributed by atoms with Crippen molar-refractivity contribution in [3.05, 3.63) is 12.2 Å². The van der Waals surface area contributed by atoms with Gasteiger partial charge >= 0.3 is 5.97 Å². The second-order valence-corrected chi connectivity index (χ2v) is 8.00. The second kappa shape index (κ2) is 10.5. The smallest absolute Gasteiger partial charge is 0.313 e. The van der Waals surface area contributed by atoms with E-state index >= 15 is 0 Å². The topological polar surface area (TPSA) is 74.3 Å². The highest BCUT2D eigenvalue weighted by Gasteiger charge is 2.40. The fourth-order valence-corrected chi connectivity index (χ4v) is 3.98. The van der Waals surface area contributed by atoms with Crippen LogP contribution in [-0.2, 0) is 28.8 Å². The molecule has 0 aromatic heterocycles. The van der Waals surface area contributed by atoms with Gasteiger partial charge in [-0.2, -0.15) is 4.89 Å². The fraction of sp³-hybridized carbons (Fsp3) is 0.810. The highest BCUT2D eigenvalue weighted by Crippen LogP contribution is 2.36. The molecule has 1 fully saturated rings. The molecular weight excluding hydrogens is 362 g/mol. The molecule has 0 radical (unpaired) electrons. The van der Waals surface area contributed by atoms with Crippen LogP contribution in [0.2, 0.25) is 0 Å². The van der Waals surface area contributed by atoms with Gasteiger partial charge in [-0.3, -0.25) is 14.5 Å². The third-order valence-electron chi connectivity index (χ3n) is 5.53. The Hall–Kier alpha value is -1.28. The van der Waals surface area contributed by atoms with Crippen LogP contribution in [-0.4, -0.2) is 48.5 Å². The SMILES string of the molecule is CCOC(CCN1C(=O)C=CC1=O)(OCC)OOC1CC(C)CCC1C(C)C. The number of hydrogen-bond acceptors (Lipinski definition) is 6. The minimum atomic E-state index is -1.45. The predicted octanol–water partition coefficient (Wildman–Crippen LogP) is 3.44. The Morgan fingerprint density at radius 2 is 1.71 bits per heavy atom. The third kappa shape index (κ3) is 5.86. The predicted molar refractivity (Wildman–Crippen MR) is 104 cm³/mol. The minimum absolute atomic E-state index is 0.0410. The van der Waals surface area contributed by atoms with Gasteiger partial charge in [0, 0.05) is 31.9 Å². The number of nitrogens with zero attached hydrogens (tertiary/aromatic N) is 1. The van der Waals surface area contributed by atoms with Gasteiger partial charge in [-0.15, -0.1) is 0 Å². The zero-order valence-electron chi connectivity index (χ0n) is 17.8. The standard InChI is InChI=1S/C21H35NO6/c1-6-25-21(26-7-2,12-13-22-19(23)10-11-20(22)24)28-27-18-14-16(5)8-9-17(18)15(3)4/h10-11,15-18H,6-9,12-14H2,1-5H3. The first-order valence-electron chi connectivity index (χ1n) is 10.5. The minimum Gasteiger partial charge on any atom is -0.326 e. The summed E-state index contributed by atoms with van der Waals surface area (Å²) in [6.45, 7) is 11.1. The maximum absolute atomic E-state index is 11.8. The van der Waals surface area contributed by atoms with Gasteiger partial charge in [-0.05, 0) is 44.4 Å². The molecule has 0 aromatic carbocycles. The van der Waals surface area contributed by atoms with Crippen molar-refractivity contribution in [1.29, 1.82) is 0 Å². The molecule has 0 saturated heterocycles. The summed E-state index contributed by atoms with van der Waals surface area (Å²) in [5.74, 6) is -0.663. The molecule has 2 rings (SSSR count). The van der Waals surface area contributed by atoms with Crippen molar-refractivity contribution in [2.75, 3.05) is 19.8 Å². The molecule has 1 heterocycles. The van der Waals surface area contributed by atoms with Crippen molar-refractivity contribution in [1.82, 2.24) is 4.90 Å². The van der Waals surface area contributed by atoms with Crippen molar-refractivity contribution in [3.8, 4) is 0 Å². The molecule has 3 unspecified atom stereocenters. The normalized spacial score (nSPS) is 25.9. The molecule has 28 heavy (non-hydrogen) atoms. The molecule has 0 bridgehead atoms. The van der Waals surface area contributed by atoms with Gasteiger partial charge in [0.1, 0.15) is 0 Å². The average molecular weight is 398 g/mol. The van der Waals surface area contributed by atoms with Crippen molar-refractivity contribution in [2.24, 2.45) is 17.8 Å². The Balaban J connectivity index is 2.06. The molecule has 2 amide bonds. The van der Waals surface area contributed by atoms with E-state index in [1.807, 2.05) is 13.8 Å². The highest BCUT2D eigenvalue weighted by atomic mass is 17.3. The van der Waals surface area contributed by atoms with Gasteiger partial charge in [0.2, 0.25) is 0 Å². The summed E-state index contributed by atoms with van der Waals surface area (Å²) in [6.07, 6.45) is 5.87. The van der Waals surface area contributed by atoms with Gasteiger partial charge in [0.05, 0.1) is 12.5 Å². The van der Waals surface area contributed by atoms with Crippen LogP contribution in [0.15, 0.2) is 12.2 Å². The number of imide groups is 1. The third-order valence-corrected chi connectivity index (χ3v) is 5.53. The van der Waals surface area contributed by atoms with Crippen LogP contribution >= 0.6 is 0 Å². The van der Waals surface area contributed by atoms with Crippen LogP contribution < -0.4 is 0 Å². The Kier molecular flexibility index (Phi) is 8.61. The lowest BCUT2D eigenvalue weighted by atomic mass is 9.75. The van der Waals surface area contributed by atoms with Crippen molar-refractivity contribution >= 4 is 11.8 Å². The molecule has 0 N–H and O–H groups in total. The van der Waals surface area contributed by atoms with Crippen molar-refractivity contribution in [3.63, 3.8) is 0 Å². The van der Waals surface area contributed by atoms with Crippen LogP contribution in [0.4, 0.5) is 0 Å². The van der Waals surface area contributed by atoms with Crippen LogP contribution in [0.25, 0.3) is 0 Å². The number of carbonyl (C=O) groups is 2. The highest BCUT2D eigenvalue weighted by molar-refractivity contribution is 6.12. The quantitative estimate of drug-likeness (QED) is 0.230. The van der Waals surface area contributed by atoms with Crippen molar-refractivity contribution < 1.29 is 28.8 Å². The maximum Gasteiger partial charge on any atom is 0.313 e. The summed E-state index contributed by atoms with van der Waals surface area (Å²) in [7, 11) is 0. The van der Waals surface area contributed by atoms with Crippen molar-refractivity contribution in [2.45, 2.75) is 72.4 Å². The van der Waals surface area contributed by atoms with E-state index in [2.05, 4.69) is 20.8 Å². The Morgan fingerprint density at radius 1 is 1.11 bits per heavy atom. The van der Waals surface area contributed by atoms with Crippen LogP contribution in [0.5, 0.6) is 0 Å². The lowest BCUT2D eigenvalue weighted by Crippen LogP contribution is -2.46. The number of amides is 2. The lowest BCUT2D eigenvalue weighted by molar-refractivity contribution is -0.522. The summed E-state index contributed by atoms with van der Waals surface area (Å²) in [6, 6.07) is 0. The van der Waals surface area contributed by atoms with E-state index in [0.717, 1.165) is 17.7 Å². The first-order valence-corrected chi connectivity index (χ1v) is 10.5. The zero-order valence-corrected chi connectivity index (χ0v) is 17.8. The van der Waals surface area contributed by atoms with E-state index < -0.39 is 5.97 Å². The van der Waals surface area contributed by atoms with Gasteiger partial charge < -0.3 is 9.47 Å². The lowest BCUT2D eigenvalue weighted by Gasteiger charge is -2.39. The monoisotopic (exact) mass is 397 g/mol. The molecule has 7 heteroatoms. The van der Waals surface area contributed by atoms with E-state index in [9.17, 15) is 9.59 Å². The molecule has 0 aromatic rings. The molecular formula is C21H35NO6. The van der Waals surface area contributed by atoms with E-state index in [-0.39, 0.29) is 30.9 Å². The molecule has 1 aliphatic heterocycles. The maximum atomic E-state index is 11.8. The van der Waals surface area contributed by atoms with Crippen LogP contribution in [0.3, 0.4) is 0 Å².